The Bertz CT molecular complexity index is 189. The molecule has 0 amide bonds. The summed E-state index contributed by atoms with van der Waals surface area (Å²) in [5.41, 5.74) is 0.244. The molecule has 1 unspecified atom stereocenters. The minimum Gasteiger partial charge on any atom is -0.387 e. The maximum Gasteiger partial charge on any atom is 0.105 e. The zero-order valence-electron chi connectivity index (χ0n) is 10.9. The molecule has 1 rings (SSSR count). The van der Waals surface area contributed by atoms with Crippen molar-refractivity contribution in [2.24, 2.45) is 5.41 Å². The molecule has 1 aliphatic rings. The fourth-order valence-corrected chi connectivity index (χ4v) is 2.74. The van der Waals surface area contributed by atoms with Crippen LogP contribution in [0.15, 0.2) is 0 Å². The van der Waals surface area contributed by atoms with Gasteiger partial charge in [-0.1, -0.05) is 20.8 Å². The fourth-order valence-electron chi connectivity index (χ4n) is 2.74. The first kappa shape index (κ1) is 13.0. The molecule has 1 atom stereocenters. The number of piperidine rings is 1. The highest BCUT2D eigenvalue weighted by molar-refractivity contribution is 4.68. The van der Waals surface area contributed by atoms with Crippen LogP contribution in [0.5, 0.6) is 0 Å². The average Bonchev–Trinajstić information content (AvgIpc) is 1.99. The minimum atomic E-state index is -0.131. The van der Waals surface area contributed by atoms with E-state index in [0.717, 1.165) is 17.4 Å². The maximum atomic E-state index is 10.1. The first-order valence-electron chi connectivity index (χ1n) is 6.32. The Balaban J connectivity index is 2.38. The predicted octanol–water partition coefficient (Wildman–Crippen LogP) is 2.41. The molecule has 15 heavy (non-hydrogen) atoms. The van der Waals surface area contributed by atoms with Crippen molar-refractivity contribution in [2.75, 3.05) is 26.7 Å². The van der Waals surface area contributed by atoms with Gasteiger partial charge in [0.2, 0.25) is 0 Å². The van der Waals surface area contributed by atoms with Crippen LogP contribution in [-0.2, 0) is 0 Å². The smallest absolute Gasteiger partial charge is 0.105 e. The van der Waals surface area contributed by atoms with Gasteiger partial charge < -0.3 is 9.59 Å². The third-order valence-corrected chi connectivity index (χ3v) is 3.40. The van der Waals surface area contributed by atoms with Crippen molar-refractivity contribution >= 4 is 0 Å². The van der Waals surface area contributed by atoms with Gasteiger partial charge in [-0.05, 0) is 31.1 Å². The van der Waals surface area contributed by atoms with Gasteiger partial charge in [0.05, 0.1) is 20.1 Å². The number of hydrogen-bond acceptors (Lipinski definition) is 1. The minimum absolute atomic E-state index is 0.131. The molecule has 0 aromatic carbocycles. The Morgan fingerprint density at radius 1 is 1.13 bits per heavy atom. The number of aliphatic hydroxyl groups is 1. The van der Waals surface area contributed by atoms with Gasteiger partial charge in [-0.25, -0.2) is 0 Å². The molecule has 1 heterocycles. The van der Waals surface area contributed by atoms with Crippen LogP contribution in [0.1, 0.15) is 46.5 Å². The Hall–Kier alpha value is -0.0800. The molecule has 1 fully saturated rings. The molecule has 0 aliphatic carbocycles. The van der Waals surface area contributed by atoms with Crippen LogP contribution < -0.4 is 0 Å². The van der Waals surface area contributed by atoms with Crippen molar-refractivity contribution in [1.82, 2.24) is 0 Å². The monoisotopic (exact) mass is 214 g/mol. The number of likely N-dealkylation sites (tertiary alicyclic amines) is 1. The quantitative estimate of drug-likeness (QED) is 0.715. The Morgan fingerprint density at radius 3 is 2.13 bits per heavy atom. The summed E-state index contributed by atoms with van der Waals surface area (Å²) in [6.45, 7) is 10.0. The van der Waals surface area contributed by atoms with Gasteiger partial charge in [0.25, 0.3) is 0 Å². The molecule has 0 bridgehead atoms. The number of aliphatic hydroxyl groups excluding tert-OH is 1. The number of quaternary nitrogens is 1. The summed E-state index contributed by atoms with van der Waals surface area (Å²) in [5, 5.41) is 10.1. The zero-order valence-corrected chi connectivity index (χ0v) is 10.9. The van der Waals surface area contributed by atoms with Crippen LogP contribution in [-0.4, -0.2) is 42.4 Å². The van der Waals surface area contributed by atoms with Crippen molar-refractivity contribution in [3.8, 4) is 0 Å². The van der Waals surface area contributed by atoms with Crippen LogP contribution in [0.4, 0.5) is 0 Å². The van der Waals surface area contributed by atoms with Crippen LogP contribution >= 0.6 is 0 Å². The summed E-state index contributed by atoms with van der Waals surface area (Å²) in [6.07, 6.45) is 4.83. The molecular weight excluding hydrogens is 186 g/mol. The lowest BCUT2D eigenvalue weighted by Crippen LogP contribution is -2.52. The topological polar surface area (TPSA) is 20.2 Å². The molecule has 0 aromatic heterocycles. The molecule has 0 aromatic rings. The Kier molecular flexibility index (Phi) is 4.19. The third kappa shape index (κ3) is 4.98. The van der Waals surface area contributed by atoms with E-state index in [2.05, 4.69) is 27.8 Å². The number of likely N-dealkylation sites (N-methyl/N-ethyl adjacent to an activating group) is 1. The lowest BCUT2D eigenvalue weighted by atomic mass is 9.88. The van der Waals surface area contributed by atoms with E-state index in [1.54, 1.807) is 0 Å². The Morgan fingerprint density at radius 2 is 1.67 bits per heavy atom. The van der Waals surface area contributed by atoms with Gasteiger partial charge in [0.15, 0.2) is 0 Å². The van der Waals surface area contributed by atoms with Crippen molar-refractivity contribution in [1.29, 1.82) is 0 Å². The standard InChI is InChI=1S/C13H28NO/c1-13(2,3)10-12(15)11-14(4)8-6-5-7-9-14/h12,15H,5-11H2,1-4H3/q+1. The lowest BCUT2D eigenvalue weighted by Gasteiger charge is -2.40. The van der Waals surface area contributed by atoms with E-state index in [0.29, 0.717) is 0 Å². The van der Waals surface area contributed by atoms with Gasteiger partial charge >= 0.3 is 0 Å². The van der Waals surface area contributed by atoms with Crippen LogP contribution in [0.3, 0.4) is 0 Å². The summed E-state index contributed by atoms with van der Waals surface area (Å²) in [4.78, 5) is 0. The first-order chi connectivity index (χ1) is 6.81. The molecular formula is C13H28NO+. The average molecular weight is 214 g/mol. The van der Waals surface area contributed by atoms with E-state index in [1.165, 1.54) is 32.4 Å². The van der Waals surface area contributed by atoms with Crippen molar-refractivity contribution in [3.63, 3.8) is 0 Å². The second kappa shape index (κ2) is 4.84. The van der Waals surface area contributed by atoms with Crippen molar-refractivity contribution in [2.45, 2.75) is 52.6 Å². The van der Waals surface area contributed by atoms with Gasteiger partial charge in [0, 0.05) is 0 Å². The molecule has 90 valence electrons. The highest BCUT2D eigenvalue weighted by atomic mass is 16.3. The highest BCUT2D eigenvalue weighted by Gasteiger charge is 2.29. The lowest BCUT2D eigenvalue weighted by molar-refractivity contribution is -0.917. The molecule has 1 aliphatic heterocycles. The summed E-state index contributed by atoms with van der Waals surface area (Å²) in [5.74, 6) is 0. The summed E-state index contributed by atoms with van der Waals surface area (Å²) in [7, 11) is 2.30. The van der Waals surface area contributed by atoms with Gasteiger partial charge in [-0.15, -0.1) is 0 Å². The third-order valence-electron chi connectivity index (χ3n) is 3.40. The second-order valence-electron chi connectivity index (χ2n) is 6.73. The molecule has 1 N–H and O–H groups in total. The maximum absolute atomic E-state index is 10.1. The van der Waals surface area contributed by atoms with Crippen LogP contribution in [0.2, 0.25) is 0 Å². The molecule has 2 nitrogen and oxygen atoms in total. The van der Waals surface area contributed by atoms with Crippen LogP contribution in [0, 0.1) is 5.41 Å². The van der Waals surface area contributed by atoms with Gasteiger partial charge in [-0.2, -0.15) is 0 Å². The molecule has 0 saturated carbocycles. The number of hydrogen-bond donors (Lipinski definition) is 1. The van der Waals surface area contributed by atoms with Gasteiger partial charge in [0.1, 0.15) is 12.6 Å². The largest absolute Gasteiger partial charge is 0.387 e. The van der Waals surface area contributed by atoms with Crippen LogP contribution in [0.25, 0.3) is 0 Å². The Labute approximate surface area is 94.9 Å². The second-order valence-corrected chi connectivity index (χ2v) is 6.73. The van der Waals surface area contributed by atoms with E-state index in [4.69, 9.17) is 0 Å². The normalized spacial score (nSPS) is 23.8. The van der Waals surface area contributed by atoms with Crippen molar-refractivity contribution in [3.05, 3.63) is 0 Å². The zero-order chi connectivity index (χ0) is 11.5. The number of rotatable bonds is 3. The SMILES string of the molecule is CC(C)(C)CC(O)C[N+]1(C)CCCCC1. The first-order valence-corrected chi connectivity index (χ1v) is 6.32. The molecule has 2 heteroatoms. The van der Waals surface area contributed by atoms with E-state index in [-0.39, 0.29) is 11.5 Å². The summed E-state index contributed by atoms with van der Waals surface area (Å²) < 4.78 is 1.08. The van der Waals surface area contributed by atoms with E-state index < -0.39 is 0 Å². The fraction of sp³-hybridized carbons (Fsp3) is 1.00. The van der Waals surface area contributed by atoms with Crippen molar-refractivity contribution < 1.29 is 9.59 Å². The molecule has 0 spiro atoms. The predicted molar refractivity (Wildman–Crippen MR) is 64.7 cm³/mol. The van der Waals surface area contributed by atoms with E-state index in [9.17, 15) is 5.11 Å². The summed E-state index contributed by atoms with van der Waals surface area (Å²) >= 11 is 0. The van der Waals surface area contributed by atoms with Gasteiger partial charge in [-0.3, -0.25) is 0 Å². The molecule has 1 saturated heterocycles. The molecule has 0 radical (unpaired) electrons. The summed E-state index contributed by atoms with van der Waals surface area (Å²) in [6, 6.07) is 0. The van der Waals surface area contributed by atoms with E-state index in [1.807, 2.05) is 0 Å². The highest BCUT2D eigenvalue weighted by Crippen LogP contribution is 2.24. The number of nitrogens with zero attached hydrogens (tertiary/aromatic N) is 1. The van der Waals surface area contributed by atoms with E-state index >= 15 is 0 Å².